The highest BCUT2D eigenvalue weighted by Gasteiger charge is 2.08. The second kappa shape index (κ2) is 7.19. The lowest BCUT2D eigenvalue weighted by Crippen LogP contribution is -2.28. The van der Waals surface area contributed by atoms with Crippen LogP contribution in [0.1, 0.15) is 10.4 Å². The zero-order chi connectivity index (χ0) is 15.1. The van der Waals surface area contributed by atoms with Crippen LogP contribution >= 0.6 is 0 Å². The molecule has 0 aromatic heterocycles. The summed E-state index contributed by atoms with van der Waals surface area (Å²) < 4.78 is 10.6. The number of nitrogens with one attached hydrogen (secondary N) is 1. The SMILES string of the molecule is COc1cc(C(=O)NCCOc2ccccc2)ccc1N. The van der Waals surface area contributed by atoms with Crippen molar-refractivity contribution >= 4 is 11.6 Å². The van der Waals surface area contributed by atoms with Crippen molar-refractivity contribution in [1.29, 1.82) is 0 Å². The summed E-state index contributed by atoms with van der Waals surface area (Å²) >= 11 is 0. The van der Waals surface area contributed by atoms with Gasteiger partial charge in [-0.15, -0.1) is 0 Å². The summed E-state index contributed by atoms with van der Waals surface area (Å²) in [6.07, 6.45) is 0. The van der Waals surface area contributed by atoms with Crippen molar-refractivity contribution in [3.05, 3.63) is 54.1 Å². The number of carbonyl (C=O) groups is 1. The number of amides is 1. The Morgan fingerprint density at radius 1 is 1.19 bits per heavy atom. The normalized spacial score (nSPS) is 9.95. The molecule has 0 spiro atoms. The maximum absolute atomic E-state index is 12.0. The zero-order valence-electron chi connectivity index (χ0n) is 11.8. The number of methoxy groups -OCH3 is 1. The van der Waals surface area contributed by atoms with Crippen molar-refractivity contribution in [1.82, 2.24) is 5.32 Å². The van der Waals surface area contributed by atoms with Gasteiger partial charge < -0.3 is 20.5 Å². The Kier molecular flexibility index (Phi) is 5.04. The van der Waals surface area contributed by atoms with Crippen LogP contribution in [0.15, 0.2) is 48.5 Å². The third-order valence-corrected chi connectivity index (χ3v) is 2.90. The van der Waals surface area contributed by atoms with Gasteiger partial charge in [0.2, 0.25) is 0 Å². The van der Waals surface area contributed by atoms with Gasteiger partial charge in [-0.25, -0.2) is 0 Å². The number of anilines is 1. The van der Waals surface area contributed by atoms with Crippen molar-refractivity contribution in [3.8, 4) is 11.5 Å². The molecule has 3 N–H and O–H groups in total. The van der Waals surface area contributed by atoms with E-state index in [1.165, 1.54) is 7.11 Å². The molecule has 0 fully saturated rings. The van der Waals surface area contributed by atoms with Crippen LogP contribution in [0.4, 0.5) is 5.69 Å². The van der Waals surface area contributed by atoms with E-state index >= 15 is 0 Å². The molecule has 0 radical (unpaired) electrons. The predicted octanol–water partition coefficient (Wildman–Crippen LogP) is 2.09. The van der Waals surface area contributed by atoms with Crippen LogP contribution in [0.3, 0.4) is 0 Å². The minimum absolute atomic E-state index is 0.190. The number of nitrogens with two attached hydrogens (primary N) is 1. The first-order valence-corrected chi connectivity index (χ1v) is 6.60. The second-order valence-electron chi connectivity index (χ2n) is 4.37. The fourth-order valence-electron chi connectivity index (χ4n) is 1.80. The first-order valence-electron chi connectivity index (χ1n) is 6.60. The Bertz CT molecular complexity index is 600. The summed E-state index contributed by atoms with van der Waals surface area (Å²) in [5.74, 6) is 1.08. The summed E-state index contributed by atoms with van der Waals surface area (Å²) in [6.45, 7) is 0.822. The number of hydrogen-bond donors (Lipinski definition) is 2. The average Bonchev–Trinajstić information content (AvgIpc) is 2.53. The van der Waals surface area contributed by atoms with E-state index in [9.17, 15) is 4.79 Å². The molecule has 0 unspecified atom stereocenters. The van der Waals surface area contributed by atoms with E-state index in [1.807, 2.05) is 30.3 Å². The Labute approximate surface area is 123 Å². The smallest absolute Gasteiger partial charge is 0.251 e. The second-order valence-corrected chi connectivity index (χ2v) is 4.37. The fraction of sp³-hybridized carbons (Fsp3) is 0.188. The summed E-state index contributed by atoms with van der Waals surface area (Å²) in [5, 5.41) is 2.78. The Morgan fingerprint density at radius 3 is 2.67 bits per heavy atom. The largest absolute Gasteiger partial charge is 0.495 e. The molecule has 0 saturated heterocycles. The predicted molar refractivity (Wildman–Crippen MR) is 81.7 cm³/mol. The average molecular weight is 286 g/mol. The first kappa shape index (κ1) is 14.7. The zero-order valence-corrected chi connectivity index (χ0v) is 11.8. The van der Waals surface area contributed by atoms with Gasteiger partial charge in [0.25, 0.3) is 5.91 Å². The molecule has 0 aliphatic carbocycles. The maximum atomic E-state index is 12.0. The van der Waals surface area contributed by atoms with E-state index in [0.717, 1.165) is 5.75 Å². The molecule has 2 aromatic carbocycles. The van der Waals surface area contributed by atoms with Crippen molar-refractivity contribution < 1.29 is 14.3 Å². The van der Waals surface area contributed by atoms with Crippen LogP contribution in [0.5, 0.6) is 11.5 Å². The minimum Gasteiger partial charge on any atom is -0.495 e. The number of hydrogen-bond acceptors (Lipinski definition) is 4. The Morgan fingerprint density at radius 2 is 1.95 bits per heavy atom. The molecule has 5 heteroatoms. The molecule has 5 nitrogen and oxygen atoms in total. The highest BCUT2D eigenvalue weighted by molar-refractivity contribution is 5.95. The molecule has 0 heterocycles. The van der Waals surface area contributed by atoms with Gasteiger partial charge in [0, 0.05) is 5.56 Å². The van der Waals surface area contributed by atoms with Crippen LogP contribution in [-0.4, -0.2) is 26.2 Å². The molecule has 0 aliphatic heterocycles. The van der Waals surface area contributed by atoms with Crippen molar-refractivity contribution in [2.75, 3.05) is 26.0 Å². The molecule has 0 aliphatic rings. The number of benzene rings is 2. The lowest BCUT2D eigenvalue weighted by molar-refractivity contribution is 0.0946. The lowest BCUT2D eigenvalue weighted by Gasteiger charge is -2.09. The van der Waals surface area contributed by atoms with Gasteiger partial charge in [0.1, 0.15) is 18.1 Å². The molecule has 2 rings (SSSR count). The minimum atomic E-state index is -0.190. The standard InChI is InChI=1S/C16H18N2O3/c1-20-15-11-12(7-8-14(15)17)16(19)18-9-10-21-13-5-3-2-4-6-13/h2-8,11H,9-10,17H2,1H3,(H,18,19). The topological polar surface area (TPSA) is 73.6 Å². The molecule has 21 heavy (non-hydrogen) atoms. The van der Waals surface area contributed by atoms with E-state index in [2.05, 4.69) is 5.32 Å². The molecule has 0 atom stereocenters. The van der Waals surface area contributed by atoms with Crippen LogP contribution in [0.25, 0.3) is 0 Å². The van der Waals surface area contributed by atoms with Gasteiger partial charge in [-0.05, 0) is 30.3 Å². The number of carbonyl (C=O) groups excluding carboxylic acids is 1. The van der Waals surface area contributed by atoms with Crippen molar-refractivity contribution in [3.63, 3.8) is 0 Å². The number of rotatable bonds is 6. The Balaban J connectivity index is 1.82. The number of nitrogen functional groups attached to an aromatic ring is 1. The summed E-state index contributed by atoms with van der Waals surface area (Å²) in [4.78, 5) is 12.0. The van der Waals surface area contributed by atoms with Gasteiger partial charge in [-0.1, -0.05) is 18.2 Å². The molecular weight excluding hydrogens is 268 g/mol. The summed E-state index contributed by atoms with van der Waals surface area (Å²) in [6, 6.07) is 14.4. The van der Waals surface area contributed by atoms with Gasteiger partial charge >= 0.3 is 0 Å². The summed E-state index contributed by atoms with van der Waals surface area (Å²) in [5.41, 5.74) is 6.71. The maximum Gasteiger partial charge on any atom is 0.251 e. The molecule has 0 saturated carbocycles. The third kappa shape index (κ3) is 4.14. The van der Waals surface area contributed by atoms with E-state index in [-0.39, 0.29) is 5.91 Å². The lowest BCUT2D eigenvalue weighted by atomic mass is 10.2. The van der Waals surface area contributed by atoms with E-state index in [1.54, 1.807) is 18.2 Å². The van der Waals surface area contributed by atoms with E-state index in [0.29, 0.717) is 30.2 Å². The number of para-hydroxylation sites is 1. The quantitative estimate of drug-likeness (QED) is 0.630. The monoisotopic (exact) mass is 286 g/mol. The highest BCUT2D eigenvalue weighted by Crippen LogP contribution is 2.21. The third-order valence-electron chi connectivity index (χ3n) is 2.90. The van der Waals surface area contributed by atoms with Crippen LogP contribution in [0, 0.1) is 0 Å². The number of ether oxygens (including phenoxy) is 2. The van der Waals surface area contributed by atoms with Gasteiger partial charge in [-0.3, -0.25) is 4.79 Å². The molecule has 110 valence electrons. The Hall–Kier alpha value is -2.69. The molecule has 0 bridgehead atoms. The summed E-state index contributed by atoms with van der Waals surface area (Å²) in [7, 11) is 1.51. The van der Waals surface area contributed by atoms with E-state index < -0.39 is 0 Å². The van der Waals surface area contributed by atoms with Gasteiger partial charge in [0.05, 0.1) is 19.3 Å². The molecular formula is C16H18N2O3. The van der Waals surface area contributed by atoms with Gasteiger partial charge in [0.15, 0.2) is 0 Å². The molecule has 2 aromatic rings. The first-order chi connectivity index (χ1) is 10.2. The van der Waals surface area contributed by atoms with Crippen LogP contribution in [-0.2, 0) is 0 Å². The van der Waals surface area contributed by atoms with Gasteiger partial charge in [-0.2, -0.15) is 0 Å². The highest BCUT2D eigenvalue weighted by atomic mass is 16.5. The van der Waals surface area contributed by atoms with Crippen molar-refractivity contribution in [2.24, 2.45) is 0 Å². The van der Waals surface area contributed by atoms with Crippen molar-refractivity contribution in [2.45, 2.75) is 0 Å². The molecule has 1 amide bonds. The van der Waals surface area contributed by atoms with E-state index in [4.69, 9.17) is 15.2 Å². The van der Waals surface area contributed by atoms with Crippen LogP contribution in [0.2, 0.25) is 0 Å². The van der Waals surface area contributed by atoms with Crippen LogP contribution < -0.4 is 20.5 Å². The fourth-order valence-corrected chi connectivity index (χ4v) is 1.80.